The van der Waals surface area contributed by atoms with Crippen LogP contribution in [0.5, 0.6) is 0 Å². The molecule has 2 aromatic rings. The van der Waals surface area contributed by atoms with Gasteiger partial charge in [-0.1, -0.05) is 50.6 Å². The monoisotopic (exact) mass is 366 g/mol. The Balaban J connectivity index is 1.41. The van der Waals surface area contributed by atoms with Crippen LogP contribution in [0.3, 0.4) is 0 Å². The lowest BCUT2D eigenvalue weighted by atomic mass is 9.62. The standard InChI is InChI=1S/C24H30O3/c1-16(20-11-12-21-22(25)8-5-13-24(20,21)2)15-27-23(26)19-10-9-17-6-3-4-7-18(17)14-19/h3-4,6-7,9-10,14,16,20-22,25H,5,8,11-13,15H2,1-2H3/t16-,20-,21+,22+,24-/m1/s1. The lowest BCUT2D eigenvalue weighted by Crippen LogP contribution is -2.42. The van der Waals surface area contributed by atoms with E-state index < -0.39 is 0 Å². The molecule has 144 valence electrons. The summed E-state index contributed by atoms with van der Waals surface area (Å²) in [5.74, 6) is 1.00. The predicted octanol–water partition coefficient (Wildman–Crippen LogP) is 5.21. The number of carbonyl (C=O) groups excluding carboxylic acids is 1. The molecule has 2 aliphatic carbocycles. The number of fused-ring (bicyclic) bond motifs is 2. The zero-order valence-electron chi connectivity index (χ0n) is 16.4. The zero-order valence-corrected chi connectivity index (χ0v) is 16.4. The van der Waals surface area contributed by atoms with Crippen LogP contribution in [0.4, 0.5) is 0 Å². The third kappa shape index (κ3) is 3.38. The van der Waals surface area contributed by atoms with Crippen LogP contribution in [-0.4, -0.2) is 23.8 Å². The third-order valence-electron chi connectivity index (χ3n) is 7.31. The van der Waals surface area contributed by atoms with E-state index in [1.165, 1.54) is 6.42 Å². The summed E-state index contributed by atoms with van der Waals surface area (Å²) in [7, 11) is 0. The molecular formula is C24H30O3. The molecule has 0 saturated heterocycles. The molecule has 3 heteroatoms. The summed E-state index contributed by atoms with van der Waals surface area (Å²) in [4.78, 5) is 12.6. The molecule has 2 aliphatic rings. The zero-order chi connectivity index (χ0) is 19.0. The molecule has 0 radical (unpaired) electrons. The van der Waals surface area contributed by atoms with Crippen LogP contribution < -0.4 is 0 Å². The van der Waals surface area contributed by atoms with Gasteiger partial charge in [-0.25, -0.2) is 4.79 Å². The molecule has 0 unspecified atom stereocenters. The summed E-state index contributed by atoms with van der Waals surface area (Å²) in [6.07, 6.45) is 5.31. The van der Waals surface area contributed by atoms with Crippen molar-refractivity contribution in [1.82, 2.24) is 0 Å². The molecule has 2 fully saturated rings. The van der Waals surface area contributed by atoms with Gasteiger partial charge < -0.3 is 9.84 Å². The maximum atomic E-state index is 12.6. The van der Waals surface area contributed by atoms with Crippen LogP contribution in [-0.2, 0) is 4.74 Å². The number of aliphatic hydroxyl groups excluding tert-OH is 1. The Morgan fingerprint density at radius 1 is 1.19 bits per heavy atom. The quantitative estimate of drug-likeness (QED) is 0.756. The topological polar surface area (TPSA) is 46.5 Å². The molecular weight excluding hydrogens is 336 g/mol. The smallest absolute Gasteiger partial charge is 0.338 e. The predicted molar refractivity (Wildman–Crippen MR) is 108 cm³/mol. The number of ether oxygens (including phenoxy) is 1. The van der Waals surface area contributed by atoms with Crippen molar-refractivity contribution in [3.05, 3.63) is 48.0 Å². The van der Waals surface area contributed by atoms with E-state index in [1.54, 1.807) is 0 Å². The highest BCUT2D eigenvalue weighted by Gasteiger charge is 2.52. The van der Waals surface area contributed by atoms with E-state index in [4.69, 9.17) is 4.74 Å². The minimum Gasteiger partial charge on any atom is -0.462 e. The van der Waals surface area contributed by atoms with Crippen molar-refractivity contribution in [2.24, 2.45) is 23.2 Å². The van der Waals surface area contributed by atoms with E-state index in [2.05, 4.69) is 13.8 Å². The first-order valence-electron chi connectivity index (χ1n) is 10.3. The van der Waals surface area contributed by atoms with Gasteiger partial charge in [0.2, 0.25) is 0 Å². The van der Waals surface area contributed by atoms with Gasteiger partial charge in [-0.2, -0.15) is 0 Å². The fourth-order valence-electron chi connectivity index (χ4n) is 5.85. The molecule has 2 saturated carbocycles. The van der Waals surface area contributed by atoms with Crippen LogP contribution in [0.15, 0.2) is 42.5 Å². The summed E-state index contributed by atoms with van der Waals surface area (Å²) in [6.45, 7) is 5.00. The highest BCUT2D eigenvalue weighted by molar-refractivity contribution is 5.95. The van der Waals surface area contributed by atoms with Gasteiger partial charge in [-0.05, 0) is 71.8 Å². The van der Waals surface area contributed by atoms with Gasteiger partial charge >= 0.3 is 5.97 Å². The van der Waals surface area contributed by atoms with Gasteiger partial charge in [0.25, 0.3) is 0 Å². The van der Waals surface area contributed by atoms with Gasteiger partial charge in [0.15, 0.2) is 0 Å². The molecule has 0 bridgehead atoms. The van der Waals surface area contributed by atoms with Gasteiger partial charge in [0.1, 0.15) is 0 Å². The van der Waals surface area contributed by atoms with Crippen molar-refractivity contribution in [2.75, 3.05) is 6.61 Å². The number of benzene rings is 2. The van der Waals surface area contributed by atoms with Crippen molar-refractivity contribution >= 4 is 16.7 Å². The minimum atomic E-state index is -0.240. The number of esters is 1. The second-order valence-corrected chi connectivity index (χ2v) is 8.89. The SMILES string of the molecule is C[C@H](COC(=O)c1ccc2ccccc2c1)[C@H]1CC[C@H]2[C@@H](O)CCC[C@]12C. The summed E-state index contributed by atoms with van der Waals surface area (Å²) in [5.41, 5.74) is 0.802. The Bertz CT molecular complexity index is 829. The van der Waals surface area contributed by atoms with E-state index in [0.717, 1.165) is 36.5 Å². The average Bonchev–Trinajstić information content (AvgIpc) is 3.04. The third-order valence-corrected chi connectivity index (χ3v) is 7.31. The van der Waals surface area contributed by atoms with Crippen molar-refractivity contribution in [2.45, 2.75) is 52.1 Å². The highest BCUT2D eigenvalue weighted by Crippen LogP contribution is 2.57. The second-order valence-electron chi connectivity index (χ2n) is 8.89. The lowest BCUT2D eigenvalue weighted by Gasteiger charge is -2.45. The van der Waals surface area contributed by atoms with E-state index >= 15 is 0 Å². The van der Waals surface area contributed by atoms with Crippen LogP contribution in [0, 0.1) is 23.2 Å². The van der Waals surface area contributed by atoms with E-state index in [9.17, 15) is 9.90 Å². The Morgan fingerprint density at radius 2 is 1.96 bits per heavy atom. The Labute approximate surface area is 161 Å². The van der Waals surface area contributed by atoms with Crippen molar-refractivity contribution in [3.8, 4) is 0 Å². The average molecular weight is 367 g/mol. The number of hydrogen-bond acceptors (Lipinski definition) is 3. The summed E-state index contributed by atoms with van der Waals surface area (Å²) in [5, 5.41) is 12.6. The van der Waals surface area contributed by atoms with Crippen LogP contribution in [0.1, 0.15) is 56.3 Å². The van der Waals surface area contributed by atoms with Crippen LogP contribution >= 0.6 is 0 Å². The first kappa shape index (κ1) is 18.5. The molecule has 4 rings (SSSR count). The molecule has 0 amide bonds. The molecule has 1 N–H and O–H groups in total. The number of hydrogen-bond donors (Lipinski definition) is 1. The van der Waals surface area contributed by atoms with Crippen molar-refractivity contribution in [3.63, 3.8) is 0 Å². The largest absolute Gasteiger partial charge is 0.462 e. The van der Waals surface area contributed by atoms with Crippen LogP contribution in [0.2, 0.25) is 0 Å². The Kier molecular flexibility index (Phi) is 4.98. The Hall–Kier alpha value is -1.87. The molecule has 2 aromatic carbocycles. The number of aliphatic hydroxyl groups is 1. The molecule has 0 aromatic heterocycles. The van der Waals surface area contributed by atoms with E-state index in [0.29, 0.717) is 29.9 Å². The molecule has 3 nitrogen and oxygen atoms in total. The maximum absolute atomic E-state index is 12.6. The van der Waals surface area contributed by atoms with Gasteiger partial charge in [-0.15, -0.1) is 0 Å². The van der Waals surface area contributed by atoms with E-state index in [-0.39, 0.29) is 17.5 Å². The fourth-order valence-corrected chi connectivity index (χ4v) is 5.85. The van der Waals surface area contributed by atoms with Crippen molar-refractivity contribution in [1.29, 1.82) is 0 Å². The van der Waals surface area contributed by atoms with Gasteiger partial charge in [0, 0.05) is 0 Å². The highest BCUT2D eigenvalue weighted by atomic mass is 16.5. The number of carbonyl (C=O) groups is 1. The first-order chi connectivity index (χ1) is 13.0. The van der Waals surface area contributed by atoms with Gasteiger partial charge in [-0.3, -0.25) is 0 Å². The summed E-state index contributed by atoms with van der Waals surface area (Å²) in [6, 6.07) is 13.8. The van der Waals surface area contributed by atoms with Crippen LogP contribution in [0.25, 0.3) is 10.8 Å². The normalized spacial score (nSPS) is 31.4. The molecule has 0 heterocycles. The molecule has 27 heavy (non-hydrogen) atoms. The lowest BCUT2D eigenvalue weighted by molar-refractivity contribution is -0.0346. The summed E-state index contributed by atoms with van der Waals surface area (Å²) < 4.78 is 5.70. The maximum Gasteiger partial charge on any atom is 0.338 e. The van der Waals surface area contributed by atoms with Crippen molar-refractivity contribution < 1.29 is 14.6 Å². The first-order valence-corrected chi connectivity index (χ1v) is 10.3. The van der Waals surface area contributed by atoms with Gasteiger partial charge in [0.05, 0.1) is 18.3 Å². The van der Waals surface area contributed by atoms with E-state index in [1.807, 2.05) is 42.5 Å². The minimum absolute atomic E-state index is 0.152. The number of rotatable bonds is 4. The molecule has 5 atom stereocenters. The molecule has 0 aliphatic heterocycles. The summed E-state index contributed by atoms with van der Waals surface area (Å²) >= 11 is 0. The Morgan fingerprint density at radius 3 is 2.78 bits per heavy atom. The second kappa shape index (κ2) is 7.27. The molecule has 0 spiro atoms. The fraction of sp³-hybridized carbons (Fsp3) is 0.542.